The molecule has 0 radical (unpaired) electrons. The lowest BCUT2D eigenvalue weighted by molar-refractivity contribution is -0.141. The van der Waals surface area contributed by atoms with Crippen molar-refractivity contribution in [2.24, 2.45) is 7.05 Å². The van der Waals surface area contributed by atoms with Crippen molar-refractivity contribution < 1.29 is 13.2 Å². The molecule has 4 aromatic rings. The first-order valence-corrected chi connectivity index (χ1v) is 7.28. The van der Waals surface area contributed by atoms with Gasteiger partial charge in [0.15, 0.2) is 17.2 Å². The van der Waals surface area contributed by atoms with E-state index in [-0.39, 0.29) is 17.3 Å². The number of benzene rings is 1. The van der Waals surface area contributed by atoms with E-state index in [1.54, 1.807) is 6.07 Å². The molecule has 10 heteroatoms. The highest BCUT2D eigenvalue weighted by atomic mass is 19.4. The summed E-state index contributed by atoms with van der Waals surface area (Å²) in [6.07, 6.45) is -3.38. The van der Waals surface area contributed by atoms with Crippen molar-refractivity contribution in [3.63, 3.8) is 0 Å². The van der Waals surface area contributed by atoms with E-state index in [0.717, 1.165) is 10.2 Å². The number of halogens is 3. The maximum Gasteiger partial charge on any atom is 0.435 e. The molecule has 128 valence electrons. The van der Waals surface area contributed by atoms with E-state index in [1.807, 2.05) is 19.1 Å². The number of hydrogen-bond donors (Lipinski definition) is 1. The van der Waals surface area contributed by atoms with Crippen molar-refractivity contribution in [1.82, 2.24) is 29.4 Å². The lowest BCUT2D eigenvalue weighted by atomic mass is 10.1. The molecule has 0 aliphatic heterocycles. The first kappa shape index (κ1) is 15.4. The molecule has 1 aromatic carbocycles. The summed E-state index contributed by atoms with van der Waals surface area (Å²) in [5.74, 6) is -0.0644. The standard InChI is InChI=1S/C15H12F3N7/c1-7-3-4-10-8(5-7)13-21-12(23-25(13)14(19)20-10)9-6-24(2)22-11(9)15(16,17)18/h3-6H,1-2H3,(H2,19,20). The van der Waals surface area contributed by atoms with Crippen molar-refractivity contribution in [2.75, 3.05) is 5.73 Å². The van der Waals surface area contributed by atoms with E-state index in [0.29, 0.717) is 16.6 Å². The van der Waals surface area contributed by atoms with E-state index in [2.05, 4.69) is 20.2 Å². The minimum Gasteiger partial charge on any atom is -0.368 e. The van der Waals surface area contributed by atoms with Gasteiger partial charge in [-0.2, -0.15) is 22.8 Å². The van der Waals surface area contributed by atoms with Crippen LogP contribution in [-0.4, -0.2) is 29.4 Å². The number of aromatic nitrogens is 6. The van der Waals surface area contributed by atoms with Crippen LogP contribution in [0.25, 0.3) is 27.9 Å². The number of aryl methyl sites for hydroxylation is 2. The van der Waals surface area contributed by atoms with Crippen LogP contribution in [0.15, 0.2) is 24.4 Å². The molecule has 4 rings (SSSR count). The molecule has 0 fully saturated rings. The summed E-state index contributed by atoms with van der Waals surface area (Å²) < 4.78 is 42.0. The summed E-state index contributed by atoms with van der Waals surface area (Å²) in [7, 11) is 1.41. The first-order valence-electron chi connectivity index (χ1n) is 7.28. The van der Waals surface area contributed by atoms with E-state index in [9.17, 15) is 13.2 Å². The van der Waals surface area contributed by atoms with Gasteiger partial charge < -0.3 is 5.73 Å². The molecule has 2 N–H and O–H groups in total. The smallest absolute Gasteiger partial charge is 0.368 e. The van der Waals surface area contributed by atoms with Crippen molar-refractivity contribution in [3.05, 3.63) is 35.7 Å². The second kappa shape index (κ2) is 4.91. The predicted molar refractivity (Wildman–Crippen MR) is 84.6 cm³/mol. The molecule has 0 aliphatic carbocycles. The largest absolute Gasteiger partial charge is 0.435 e. The zero-order valence-corrected chi connectivity index (χ0v) is 13.2. The Labute approximate surface area is 138 Å². The van der Waals surface area contributed by atoms with Gasteiger partial charge in [0.05, 0.1) is 11.1 Å². The minimum atomic E-state index is -4.61. The topological polar surface area (TPSA) is 86.9 Å². The van der Waals surface area contributed by atoms with Crippen molar-refractivity contribution in [3.8, 4) is 11.4 Å². The highest BCUT2D eigenvalue weighted by molar-refractivity contribution is 5.93. The van der Waals surface area contributed by atoms with E-state index < -0.39 is 11.9 Å². The van der Waals surface area contributed by atoms with Crippen LogP contribution in [0.2, 0.25) is 0 Å². The maximum absolute atomic E-state index is 13.2. The van der Waals surface area contributed by atoms with Gasteiger partial charge in [0.2, 0.25) is 5.95 Å². The van der Waals surface area contributed by atoms with Crippen LogP contribution in [0.4, 0.5) is 19.1 Å². The molecule has 25 heavy (non-hydrogen) atoms. The lowest BCUT2D eigenvalue weighted by Gasteiger charge is -2.03. The third-order valence-electron chi connectivity index (χ3n) is 3.79. The van der Waals surface area contributed by atoms with Crippen LogP contribution in [0.5, 0.6) is 0 Å². The van der Waals surface area contributed by atoms with E-state index >= 15 is 0 Å². The summed E-state index contributed by atoms with van der Waals surface area (Å²) in [5.41, 5.74) is 6.53. The summed E-state index contributed by atoms with van der Waals surface area (Å²) >= 11 is 0. The SMILES string of the molecule is Cc1ccc2nc(N)n3nc(-c4cn(C)nc4C(F)(F)F)nc3c2c1. The normalized spacial score (nSPS) is 12.4. The Kier molecular flexibility index (Phi) is 3.02. The van der Waals surface area contributed by atoms with Crippen LogP contribution in [0.1, 0.15) is 11.3 Å². The Bertz CT molecular complexity index is 1120. The fraction of sp³-hybridized carbons (Fsp3) is 0.200. The van der Waals surface area contributed by atoms with E-state index in [1.165, 1.54) is 17.8 Å². The average molecular weight is 347 g/mol. The Morgan fingerprint density at radius 3 is 2.60 bits per heavy atom. The number of fused-ring (bicyclic) bond motifs is 3. The summed E-state index contributed by atoms with van der Waals surface area (Å²) in [6.45, 7) is 1.90. The molecular formula is C15H12F3N7. The van der Waals surface area contributed by atoms with Gasteiger partial charge in [0, 0.05) is 18.6 Å². The molecule has 0 atom stereocenters. The highest BCUT2D eigenvalue weighted by Crippen LogP contribution is 2.35. The van der Waals surface area contributed by atoms with Crippen molar-refractivity contribution in [1.29, 1.82) is 0 Å². The summed E-state index contributed by atoms with van der Waals surface area (Å²) in [4.78, 5) is 8.50. The molecule has 0 aliphatic rings. The monoisotopic (exact) mass is 347 g/mol. The number of hydrogen-bond acceptors (Lipinski definition) is 5. The number of nitrogen functional groups attached to an aromatic ring is 1. The van der Waals surface area contributed by atoms with Crippen LogP contribution < -0.4 is 5.73 Å². The number of anilines is 1. The zero-order chi connectivity index (χ0) is 17.9. The van der Waals surface area contributed by atoms with Gasteiger partial charge in [-0.1, -0.05) is 11.6 Å². The molecule has 3 aromatic heterocycles. The van der Waals surface area contributed by atoms with Gasteiger partial charge in [-0.15, -0.1) is 5.10 Å². The molecule has 7 nitrogen and oxygen atoms in total. The van der Waals surface area contributed by atoms with Crippen LogP contribution in [0.3, 0.4) is 0 Å². The number of alkyl halides is 3. The number of rotatable bonds is 1. The van der Waals surface area contributed by atoms with Gasteiger partial charge in [-0.05, 0) is 19.1 Å². The van der Waals surface area contributed by atoms with Gasteiger partial charge in [-0.25, -0.2) is 9.97 Å². The second-order valence-electron chi connectivity index (χ2n) is 5.72. The fourth-order valence-corrected chi connectivity index (χ4v) is 2.72. The number of nitrogens with two attached hydrogens (primary N) is 1. The van der Waals surface area contributed by atoms with Crippen LogP contribution in [0, 0.1) is 6.92 Å². The lowest BCUT2D eigenvalue weighted by Crippen LogP contribution is -2.08. The third-order valence-corrected chi connectivity index (χ3v) is 3.79. The van der Waals surface area contributed by atoms with Gasteiger partial charge in [0.1, 0.15) is 0 Å². The van der Waals surface area contributed by atoms with Crippen molar-refractivity contribution >= 4 is 22.5 Å². The molecule has 0 saturated heterocycles. The van der Waals surface area contributed by atoms with Gasteiger partial charge in [0.25, 0.3) is 0 Å². The molecule has 0 bridgehead atoms. The Morgan fingerprint density at radius 1 is 1.12 bits per heavy atom. The van der Waals surface area contributed by atoms with Gasteiger partial charge >= 0.3 is 6.18 Å². The molecular weight excluding hydrogens is 335 g/mol. The average Bonchev–Trinajstić information content (AvgIpc) is 3.12. The zero-order valence-electron chi connectivity index (χ0n) is 13.2. The Hall–Kier alpha value is -3.17. The van der Waals surface area contributed by atoms with Gasteiger partial charge in [-0.3, -0.25) is 4.68 Å². The van der Waals surface area contributed by atoms with Crippen LogP contribution >= 0.6 is 0 Å². The molecule has 0 amide bonds. The maximum atomic E-state index is 13.2. The fourth-order valence-electron chi connectivity index (χ4n) is 2.72. The molecule has 3 heterocycles. The Balaban J connectivity index is 2.04. The number of nitrogens with zero attached hydrogens (tertiary/aromatic N) is 6. The molecule has 0 saturated carbocycles. The highest BCUT2D eigenvalue weighted by Gasteiger charge is 2.38. The molecule has 0 spiro atoms. The second-order valence-corrected chi connectivity index (χ2v) is 5.72. The summed E-state index contributed by atoms with van der Waals surface area (Å²) in [5, 5.41) is 8.26. The third kappa shape index (κ3) is 2.37. The van der Waals surface area contributed by atoms with E-state index in [4.69, 9.17) is 5.73 Å². The Morgan fingerprint density at radius 2 is 1.88 bits per heavy atom. The summed E-state index contributed by atoms with van der Waals surface area (Å²) in [6, 6.07) is 5.48. The quantitative estimate of drug-likeness (QED) is 0.572. The van der Waals surface area contributed by atoms with Crippen molar-refractivity contribution in [2.45, 2.75) is 13.1 Å². The van der Waals surface area contributed by atoms with Crippen LogP contribution in [-0.2, 0) is 13.2 Å². The minimum absolute atomic E-state index is 0.0440. The molecule has 0 unspecified atom stereocenters. The predicted octanol–water partition coefficient (Wildman–Crippen LogP) is 2.59. The first-order chi connectivity index (χ1) is 11.7.